The minimum Gasteiger partial charge on any atom is -0.474 e. The van der Waals surface area contributed by atoms with E-state index in [1.807, 2.05) is 47.0 Å². The van der Waals surface area contributed by atoms with E-state index in [0.29, 0.717) is 17.4 Å². The molecule has 0 bridgehead atoms. The van der Waals surface area contributed by atoms with Crippen molar-refractivity contribution in [2.75, 3.05) is 0 Å². The van der Waals surface area contributed by atoms with Crippen LogP contribution in [-0.2, 0) is 6.54 Å². The fraction of sp³-hybridized carbons (Fsp3) is 0.143. The Morgan fingerprint density at radius 3 is 2.72 bits per heavy atom. The van der Waals surface area contributed by atoms with Crippen LogP contribution in [0.4, 0.5) is 5.82 Å². The predicted molar refractivity (Wildman–Crippen MR) is 110 cm³/mol. The van der Waals surface area contributed by atoms with Crippen LogP contribution in [0.15, 0.2) is 66.9 Å². The minimum absolute atomic E-state index is 0.0985. The standard InChI is InChI=1S/C21H17ClN4O3/c1-14(29-19-8-5-11-23-21(19)26(27)28)20-24-17-12-16(22)9-10-18(17)25(20)13-15-6-3-2-4-7-15/h2-12,14H,13H2,1H3. The van der Waals surface area contributed by atoms with Crippen molar-refractivity contribution in [1.82, 2.24) is 14.5 Å². The van der Waals surface area contributed by atoms with E-state index in [2.05, 4.69) is 4.98 Å². The maximum atomic E-state index is 11.3. The van der Waals surface area contributed by atoms with Crippen molar-refractivity contribution in [1.29, 1.82) is 0 Å². The summed E-state index contributed by atoms with van der Waals surface area (Å²) in [6, 6.07) is 18.6. The van der Waals surface area contributed by atoms with Crippen molar-refractivity contribution in [2.24, 2.45) is 0 Å². The summed E-state index contributed by atoms with van der Waals surface area (Å²) >= 11 is 6.14. The summed E-state index contributed by atoms with van der Waals surface area (Å²) in [5.41, 5.74) is 2.74. The van der Waals surface area contributed by atoms with Gasteiger partial charge in [-0.15, -0.1) is 0 Å². The fourth-order valence-electron chi connectivity index (χ4n) is 3.22. The van der Waals surface area contributed by atoms with E-state index in [-0.39, 0.29) is 11.6 Å². The number of hydrogen-bond donors (Lipinski definition) is 0. The zero-order chi connectivity index (χ0) is 20.4. The van der Waals surface area contributed by atoms with Crippen LogP contribution in [0, 0.1) is 10.1 Å². The molecule has 2 heterocycles. The molecule has 0 N–H and O–H groups in total. The van der Waals surface area contributed by atoms with Gasteiger partial charge in [0.2, 0.25) is 5.75 Å². The zero-order valence-electron chi connectivity index (χ0n) is 15.5. The first kappa shape index (κ1) is 18.9. The van der Waals surface area contributed by atoms with E-state index in [1.165, 1.54) is 12.3 Å². The summed E-state index contributed by atoms with van der Waals surface area (Å²) in [5, 5.41) is 11.8. The molecular formula is C21H17ClN4O3. The maximum absolute atomic E-state index is 11.3. The molecule has 1 atom stereocenters. The molecule has 0 fully saturated rings. The third-order valence-corrected chi connectivity index (χ3v) is 4.75. The second kappa shape index (κ2) is 7.89. The second-order valence-electron chi connectivity index (χ2n) is 6.52. The number of pyridine rings is 1. The molecule has 4 aromatic rings. The van der Waals surface area contributed by atoms with Gasteiger partial charge in [-0.3, -0.25) is 0 Å². The lowest BCUT2D eigenvalue weighted by molar-refractivity contribution is -0.390. The summed E-state index contributed by atoms with van der Waals surface area (Å²) in [5.74, 6) is 0.415. The molecule has 0 spiro atoms. The quantitative estimate of drug-likeness (QED) is 0.324. The number of nitro groups is 1. The normalized spacial score (nSPS) is 12.1. The lowest BCUT2D eigenvalue weighted by atomic mass is 10.2. The van der Waals surface area contributed by atoms with Gasteiger partial charge in [-0.05, 0) is 52.7 Å². The maximum Gasteiger partial charge on any atom is 0.406 e. The van der Waals surface area contributed by atoms with Crippen molar-refractivity contribution in [3.63, 3.8) is 0 Å². The number of ether oxygens (including phenoxy) is 1. The van der Waals surface area contributed by atoms with Crippen LogP contribution in [0.2, 0.25) is 5.02 Å². The van der Waals surface area contributed by atoms with E-state index in [1.54, 1.807) is 19.1 Å². The van der Waals surface area contributed by atoms with Gasteiger partial charge in [0.15, 0.2) is 11.9 Å². The van der Waals surface area contributed by atoms with Crippen molar-refractivity contribution >= 4 is 28.5 Å². The zero-order valence-corrected chi connectivity index (χ0v) is 16.3. The monoisotopic (exact) mass is 408 g/mol. The summed E-state index contributed by atoms with van der Waals surface area (Å²) in [4.78, 5) is 19.2. The van der Waals surface area contributed by atoms with Gasteiger partial charge < -0.3 is 19.4 Å². The number of benzene rings is 2. The molecule has 0 aliphatic rings. The number of nitrogens with zero attached hydrogens (tertiary/aromatic N) is 4. The molecule has 29 heavy (non-hydrogen) atoms. The van der Waals surface area contributed by atoms with E-state index >= 15 is 0 Å². The Hall–Kier alpha value is -3.45. The number of fused-ring (bicyclic) bond motifs is 1. The van der Waals surface area contributed by atoms with Crippen LogP contribution < -0.4 is 4.74 Å². The first-order valence-corrected chi connectivity index (χ1v) is 9.36. The number of aromatic nitrogens is 3. The molecule has 2 aromatic heterocycles. The van der Waals surface area contributed by atoms with Crippen LogP contribution in [0.1, 0.15) is 24.4 Å². The van der Waals surface area contributed by atoms with Gasteiger partial charge in [0.25, 0.3) is 0 Å². The molecule has 0 saturated heterocycles. The fourth-order valence-corrected chi connectivity index (χ4v) is 3.38. The molecule has 2 aromatic carbocycles. The molecule has 1 unspecified atom stereocenters. The molecule has 0 radical (unpaired) electrons. The van der Waals surface area contributed by atoms with Crippen molar-refractivity contribution < 1.29 is 9.66 Å². The second-order valence-corrected chi connectivity index (χ2v) is 6.95. The average Bonchev–Trinajstić information content (AvgIpc) is 3.06. The first-order valence-electron chi connectivity index (χ1n) is 8.98. The minimum atomic E-state index is -0.561. The molecule has 8 heteroatoms. The highest BCUT2D eigenvalue weighted by Gasteiger charge is 2.23. The SMILES string of the molecule is CC(Oc1cccnc1[N+](=O)[O-])c1nc2cc(Cl)ccc2n1Cc1ccccc1. The smallest absolute Gasteiger partial charge is 0.406 e. The van der Waals surface area contributed by atoms with Crippen LogP contribution in [-0.4, -0.2) is 19.5 Å². The van der Waals surface area contributed by atoms with E-state index < -0.39 is 11.0 Å². The highest BCUT2D eigenvalue weighted by Crippen LogP contribution is 2.31. The lowest BCUT2D eigenvalue weighted by Crippen LogP contribution is -2.13. The average molecular weight is 409 g/mol. The van der Waals surface area contributed by atoms with Crippen molar-refractivity contribution in [3.8, 4) is 5.75 Å². The Bertz CT molecular complexity index is 1180. The number of halogens is 1. The Balaban J connectivity index is 1.76. The van der Waals surface area contributed by atoms with Gasteiger partial charge in [0, 0.05) is 11.6 Å². The molecule has 0 amide bonds. The molecule has 0 aliphatic heterocycles. The van der Waals surface area contributed by atoms with Crippen LogP contribution in [0.5, 0.6) is 5.75 Å². The van der Waals surface area contributed by atoms with Crippen LogP contribution >= 0.6 is 11.6 Å². The highest BCUT2D eigenvalue weighted by atomic mass is 35.5. The topological polar surface area (TPSA) is 83.1 Å². The Kier molecular flexibility index (Phi) is 5.14. The Labute approximate surface area is 171 Å². The molecule has 0 aliphatic carbocycles. The van der Waals surface area contributed by atoms with Gasteiger partial charge in [-0.2, -0.15) is 0 Å². The molecule has 4 rings (SSSR count). The Morgan fingerprint density at radius 1 is 1.17 bits per heavy atom. The molecular weight excluding hydrogens is 392 g/mol. The largest absolute Gasteiger partial charge is 0.474 e. The molecule has 7 nitrogen and oxygen atoms in total. The predicted octanol–water partition coefficient (Wildman–Crippen LogP) is 5.18. The number of imidazole rings is 1. The van der Waals surface area contributed by atoms with Gasteiger partial charge in [-0.1, -0.05) is 41.9 Å². The van der Waals surface area contributed by atoms with Gasteiger partial charge in [0.05, 0.1) is 11.0 Å². The van der Waals surface area contributed by atoms with Crippen LogP contribution in [0.25, 0.3) is 11.0 Å². The third kappa shape index (κ3) is 3.90. The number of rotatable bonds is 6. The van der Waals surface area contributed by atoms with Crippen LogP contribution in [0.3, 0.4) is 0 Å². The van der Waals surface area contributed by atoms with E-state index in [0.717, 1.165) is 16.6 Å². The van der Waals surface area contributed by atoms with Gasteiger partial charge in [0.1, 0.15) is 6.20 Å². The third-order valence-electron chi connectivity index (χ3n) is 4.51. The summed E-state index contributed by atoms with van der Waals surface area (Å²) < 4.78 is 7.95. The first-order chi connectivity index (χ1) is 14.0. The van der Waals surface area contributed by atoms with E-state index in [4.69, 9.17) is 21.3 Å². The number of hydrogen-bond acceptors (Lipinski definition) is 5. The summed E-state index contributed by atoms with van der Waals surface area (Å²) in [6.45, 7) is 2.39. The van der Waals surface area contributed by atoms with E-state index in [9.17, 15) is 10.1 Å². The lowest BCUT2D eigenvalue weighted by Gasteiger charge is -2.16. The summed E-state index contributed by atoms with van der Waals surface area (Å²) in [6.07, 6.45) is 0.815. The Morgan fingerprint density at radius 2 is 1.97 bits per heavy atom. The molecule has 0 saturated carbocycles. The highest BCUT2D eigenvalue weighted by molar-refractivity contribution is 6.31. The van der Waals surface area contributed by atoms with Crippen molar-refractivity contribution in [3.05, 3.63) is 93.4 Å². The summed E-state index contributed by atoms with van der Waals surface area (Å²) in [7, 11) is 0. The molecule has 146 valence electrons. The van der Waals surface area contributed by atoms with Gasteiger partial charge >= 0.3 is 5.82 Å². The van der Waals surface area contributed by atoms with Crippen molar-refractivity contribution in [2.45, 2.75) is 19.6 Å². The van der Waals surface area contributed by atoms with Gasteiger partial charge in [-0.25, -0.2) is 4.98 Å².